The van der Waals surface area contributed by atoms with Crippen molar-refractivity contribution in [2.75, 3.05) is 22.9 Å². The highest BCUT2D eigenvalue weighted by Crippen LogP contribution is 2.34. The predicted molar refractivity (Wildman–Crippen MR) is 82.8 cm³/mol. The quantitative estimate of drug-likeness (QED) is 0.765. The Kier molecular flexibility index (Phi) is 5.09. The maximum Gasteiger partial charge on any atom is 0.417 e. The number of pyridine rings is 1. The van der Waals surface area contributed by atoms with Crippen LogP contribution in [0.15, 0.2) is 18.6 Å². The van der Waals surface area contributed by atoms with E-state index in [4.69, 9.17) is 17.3 Å². The highest BCUT2D eigenvalue weighted by atomic mass is 35.5. The van der Waals surface area contributed by atoms with Crippen LogP contribution in [0.1, 0.15) is 18.9 Å². The maximum absolute atomic E-state index is 12.6. The van der Waals surface area contributed by atoms with Crippen LogP contribution in [0.4, 0.5) is 36.3 Å². The molecular formula is C13H14ClF3N6. The van der Waals surface area contributed by atoms with Crippen LogP contribution in [0.5, 0.6) is 0 Å². The zero-order chi connectivity index (χ0) is 17.0. The Balaban J connectivity index is 2.26. The second-order valence-corrected chi connectivity index (χ2v) is 5.00. The van der Waals surface area contributed by atoms with Gasteiger partial charge in [0.2, 0.25) is 0 Å². The number of rotatable bonds is 5. The maximum atomic E-state index is 12.6. The fourth-order valence-electron chi connectivity index (χ4n) is 1.68. The molecule has 2 aromatic heterocycles. The molecule has 2 rings (SSSR count). The number of nitrogens with one attached hydrogen (secondary N) is 2. The largest absolute Gasteiger partial charge is 0.417 e. The molecule has 0 spiro atoms. The van der Waals surface area contributed by atoms with Crippen molar-refractivity contribution in [2.24, 2.45) is 0 Å². The van der Waals surface area contributed by atoms with Crippen molar-refractivity contribution >= 4 is 34.7 Å². The molecule has 0 aromatic carbocycles. The first-order valence-electron chi connectivity index (χ1n) is 6.67. The average molecular weight is 347 g/mol. The van der Waals surface area contributed by atoms with Crippen molar-refractivity contribution in [1.29, 1.82) is 0 Å². The zero-order valence-electron chi connectivity index (χ0n) is 12.1. The standard InChI is InChI=1S/C13H14ClF3N6/c1-2-3-19-11-9(18)12(22-6-21-11)23-10-8(14)4-7(5-20-10)13(15,16)17/h4-6H,2-3,18H2,1H3,(H2,19,20,21,22,23). The van der Waals surface area contributed by atoms with Crippen molar-refractivity contribution in [2.45, 2.75) is 19.5 Å². The van der Waals surface area contributed by atoms with Gasteiger partial charge in [0.05, 0.1) is 10.6 Å². The predicted octanol–water partition coefficient (Wildman–Crippen LogP) is 3.69. The lowest BCUT2D eigenvalue weighted by molar-refractivity contribution is -0.137. The Morgan fingerprint density at radius 3 is 2.48 bits per heavy atom. The molecule has 2 heterocycles. The number of aromatic nitrogens is 3. The lowest BCUT2D eigenvalue weighted by Gasteiger charge is -2.13. The molecule has 0 aliphatic carbocycles. The second kappa shape index (κ2) is 6.86. The van der Waals surface area contributed by atoms with Gasteiger partial charge in [0.25, 0.3) is 0 Å². The summed E-state index contributed by atoms with van der Waals surface area (Å²) in [5, 5.41) is 5.53. The van der Waals surface area contributed by atoms with Crippen LogP contribution in [0.3, 0.4) is 0 Å². The van der Waals surface area contributed by atoms with E-state index in [-0.39, 0.29) is 22.3 Å². The summed E-state index contributed by atoms with van der Waals surface area (Å²) in [7, 11) is 0. The summed E-state index contributed by atoms with van der Waals surface area (Å²) in [6.07, 6.45) is -1.69. The number of anilines is 4. The van der Waals surface area contributed by atoms with Crippen LogP contribution in [0.25, 0.3) is 0 Å². The van der Waals surface area contributed by atoms with Gasteiger partial charge in [-0.2, -0.15) is 13.2 Å². The number of hydrogen-bond acceptors (Lipinski definition) is 6. The minimum atomic E-state index is -4.51. The van der Waals surface area contributed by atoms with Gasteiger partial charge < -0.3 is 16.4 Å². The second-order valence-electron chi connectivity index (χ2n) is 4.59. The molecular weight excluding hydrogens is 333 g/mol. The van der Waals surface area contributed by atoms with Gasteiger partial charge in [0.1, 0.15) is 17.8 Å². The molecule has 0 amide bonds. The van der Waals surface area contributed by atoms with Crippen LogP contribution in [-0.2, 0) is 6.18 Å². The molecule has 0 unspecified atom stereocenters. The number of nitrogen functional groups attached to an aromatic ring is 1. The highest BCUT2D eigenvalue weighted by Gasteiger charge is 2.31. The molecule has 23 heavy (non-hydrogen) atoms. The number of nitrogens with zero attached hydrogens (tertiary/aromatic N) is 3. The third-order valence-electron chi connectivity index (χ3n) is 2.83. The van der Waals surface area contributed by atoms with Crippen LogP contribution in [0, 0.1) is 0 Å². The molecule has 10 heteroatoms. The Labute approximate surface area is 135 Å². The fraction of sp³-hybridized carbons (Fsp3) is 0.308. The fourth-order valence-corrected chi connectivity index (χ4v) is 1.89. The van der Waals surface area contributed by atoms with Crippen LogP contribution in [0.2, 0.25) is 5.02 Å². The van der Waals surface area contributed by atoms with E-state index in [0.717, 1.165) is 12.5 Å². The Morgan fingerprint density at radius 2 is 1.87 bits per heavy atom. The van der Waals surface area contributed by atoms with Crippen LogP contribution < -0.4 is 16.4 Å². The van der Waals surface area contributed by atoms with Crippen molar-refractivity contribution in [3.05, 3.63) is 29.2 Å². The summed E-state index contributed by atoms with van der Waals surface area (Å²) in [4.78, 5) is 11.6. The Morgan fingerprint density at radius 1 is 1.17 bits per heavy atom. The number of halogens is 4. The topological polar surface area (TPSA) is 88.8 Å². The third-order valence-corrected chi connectivity index (χ3v) is 3.12. The van der Waals surface area contributed by atoms with Crippen LogP contribution in [-0.4, -0.2) is 21.5 Å². The minimum Gasteiger partial charge on any atom is -0.393 e. The first-order valence-corrected chi connectivity index (χ1v) is 7.04. The average Bonchev–Trinajstić information content (AvgIpc) is 2.49. The molecule has 0 saturated carbocycles. The normalized spacial score (nSPS) is 11.3. The van der Waals surface area contributed by atoms with Gasteiger partial charge in [-0.25, -0.2) is 15.0 Å². The molecule has 0 atom stereocenters. The molecule has 6 nitrogen and oxygen atoms in total. The molecule has 124 valence electrons. The van der Waals surface area contributed by atoms with Gasteiger partial charge in [0, 0.05) is 12.7 Å². The summed E-state index contributed by atoms with van der Waals surface area (Å²) in [6, 6.07) is 0.782. The minimum absolute atomic E-state index is 0.0199. The summed E-state index contributed by atoms with van der Waals surface area (Å²) in [5.74, 6) is 0.645. The Bertz CT molecular complexity index is 692. The van der Waals surface area contributed by atoms with Crippen molar-refractivity contribution < 1.29 is 13.2 Å². The van der Waals surface area contributed by atoms with E-state index >= 15 is 0 Å². The smallest absolute Gasteiger partial charge is 0.393 e. The van der Waals surface area contributed by atoms with E-state index in [0.29, 0.717) is 18.6 Å². The van der Waals surface area contributed by atoms with Crippen molar-refractivity contribution in [3.8, 4) is 0 Å². The number of hydrogen-bond donors (Lipinski definition) is 3. The lowest BCUT2D eigenvalue weighted by atomic mass is 10.2. The lowest BCUT2D eigenvalue weighted by Crippen LogP contribution is -2.10. The van der Waals surface area contributed by atoms with E-state index in [1.54, 1.807) is 0 Å². The molecule has 0 saturated heterocycles. The van der Waals surface area contributed by atoms with E-state index < -0.39 is 11.7 Å². The van der Waals surface area contributed by atoms with Crippen molar-refractivity contribution in [3.63, 3.8) is 0 Å². The van der Waals surface area contributed by atoms with Crippen LogP contribution >= 0.6 is 11.6 Å². The molecule has 4 N–H and O–H groups in total. The summed E-state index contributed by atoms with van der Waals surface area (Å²) in [5.41, 5.74) is 5.21. The van der Waals surface area contributed by atoms with Crippen molar-refractivity contribution in [1.82, 2.24) is 15.0 Å². The highest BCUT2D eigenvalue weighted by molar-refractivity contribution is 6.33. The monoisotopic (exact) mass is 346 g/mol. The summed E-state index contributed by atoms with van der Waals surface area (Å²) < 4.78 is 37.8. The molecule has 0 bridgehead atoms. The van der Waals surface area contributed by atoms with Gasteiger partial charge in [-0.3, -0.25) is 0 Å². The molecule has 0 fully saturated rings. The molecule has 2 aromatic rings. The van der Waals surface area contributed by atoms with Gasteiger partial charge >= 0.3 is 6.18 Å². The summed E-state index contributed by atoms with van der Waals surface area (Å²) >= 11 is 5.84. The van der Waals surface area contributed by atoms with E-state index in [1.165, 1.54) is 6.33 Å². The first kappa shape index (κ1) is 17.1. The molecule has 0 radical (unpaired) electrons. The zero-order valence-corrected chi connectivity index (χ0v) is 12.8. The summed E-state index contributed by atoms with van der Waals surface area (Å²) in [6.45, 7) is 2.65. The first-order chi connectivity index (χ1) is 10.8. The van der Waals surface area contributed by atoms with E-state index in [1.807, 2.05) is 6.92 Å². The van der Waals surface area contributed by atoms with Gasteiger partial charge in [0.15, 0.2) is 11.6 Å². The van der Waals surface area contributed by atoms with Gasteiger partial charge in [-0.05, 0) is 12.5 Å². The Hall–Kier alpha value is -2.29. The molecule has 0 aliphatic heterocycles. The number of nitrogens with two attached hydrogens (primary N) is 1. The van der Waals surface area contributed by atoms with Gasteiger partial charge in [-0.1, -0.05) is 18.5 Å². The third kappa shape index (κ3) is 4.13. The van der Waals surface area contributed by atoms with E-state index in [2.05, 4.69) is 25.6 Å². The van der Waals surface area contributed by atoms with E-state index in [9.17, 15) is 13.2 Å². The SMILES string of the molecule is CCCNc1ncnc(Nc2ncc(C(F)(F)F)cc2Cl)c1N. The number of alkyl halides is 3. The van der Waals surface area contributed by atoms with Gasteiger partial charge in [-0.15, -0.1) is 0 Å². The molecule has 0 aliphatic rings.